The van der Waals surface area contributed by atoms with E-state index in [0.717, 1.165) is 5.92 Å². The first kappa shape index (κ1) is 16.8. The Morgan fingerprint density at radius 1 is 0.842 bits per heavy atom. The lowest BCUT2D eigenvalue weighted by Gasteiger charge is -2.23. The minimum Gasteiger partial charge on any atom is -0.0853 e. The molecule has 1 aliphatic carbocycles. The molecule has 0 aromatic carbocycles. The summed E-state index contributed by atoms with van der Waals surface area (Å²) in [5.41, 5.74) is 1.78. The van der Waals surface area contributed by atoms with Crippen LogP contribution in [0.5, 0.6) is 0 Å². The standard InChI is InChI=1S/C19H36/c1-3-5-7-8-9-10-11-13-19-16-14-18(15-17-19)12-6-4-2/h13,18H,3-12,14-17H2,1-2H3. The van der Waals surface area contributed by atoms with Crippen molar-refractivity contribution in [3.63, 3.8) is 0 Å². The highest BCUT2D eigenvalue weighted by Gasteiger charge is 2.15. The average Bonchev–Trinajstić information content (AvgIpc) is 2.45. The third kappa shape index (κ3) is 8.50. The lowest BCUT2D eigenvalue weighted by Crippen LogP contribution is -2.08. The zero-order chi connectivity index (χ0) is 13.8. The van der Waals surface area contributed by atoms with Gasteiger partial charge in [-0.3, -0.25) is 0 Å². The second kappa shape index (κ2) is 11.6. The summed E-state index contributed by atoms with van der Waals surface area (Å²) in [5.74, 6) is 1.05. The van der Waals surface area contributed by atoms with Gasteiger partial charge in [0.25, 0.3) is 0 Å². The van der Waals surface area contributed by atoms with Gasteiger partial charge < -0.3 is 0 Å². The Balaban J connectivity index is 1.99. The van der Waals surface area contributed by atoms with E-state index in [1.807, 2.05) is 0 Å². The Hall–Kier alpha value is -0.260. The summed E-state index contributed by atoms with van der Waals surface area (Å²) in [7, 11) is 0. The maximum Gasteiger partial charge on any atom is -0.0318 e. The summed E-state index contributed by atoms with van der Waals surface area (Å²) < 4.78 is 0. The molecule has 0 heteroatoms. The molecule has 0 N–H and O–H groups in total. The summed E-state index contributed by atoms with van der Waals surface area (Å²) >= 11 is 0. The highest BCUT2D eigenvalue weighted by atomic mass is 14.2. The van der Waals surface area contributed by atoms with Crippen molar-refractivity contribution in [2.75, 3.05) is 0 Å². The van der Waals surface area contributed by atoms with Crippen molar-refractivity contribution in [3.05, 3.63) is 11.6 Å². The summed E-state index contributed by atoms with van der Waals surface area (Å²) in [6, 6.07) is 0. The molecule has 0 saturated heterocycles. The molecular weight excluding hydrogens is 228 g/mol. The van der Waals surface area contributed by atoms with Crippen molar-refractivity contribution in [1.82, 2.24) is 0 Å². The van der Waals surface area contributed by atoms with Crippen molar-refractivity contribution in [3.8, 4) is 0 Å². The zero-order valence-corrected chi connectivity index (χ0v) is 13.6. The Morgan fingerprint density at radius 3 is 2.16 bits per heavy atom. The molecule has 0 aromatic rings. The normalized spacial score (nSPS) is 19.7. The van der Waals surface area contributed by atoms with E-state index in [0.29, 0.717) is 0 Å². The molecule has 0 unspecified atom stereocenters. The van der Waals surface area contributed by atoms with Gasteiger partial charge >= 0.3 is 0 Å². The number of hydrogen-bond acceptors (Lipinski definition) is 0. The van der Waals surface area contributed by atoms with Gasteiger partial charge in [0.05, 0.1) is 0 Å². The molecule has 0 radical (unpaired) electrons. The number of hydrogen-bond donors (Lipinski definition) is 0. The van der Waals surface area contributed by atoms with Crippen molar-refractivity contribution < 1.29 is 0 Å². The fraction of sp³-hybridized carbons (Fsp3) is 0.895. The maximum absolute atomic E-state index is 2.58. The van der Waals surface area contributed by atoms with E-state index < -0.39 is 0 Å². The minimum atomic E-state index is 1.05. The molecule has 0 bridgehead atoms. The van der Waals surface area contributed by atoms with Gasteiger partial charge in [-0.15, -0.1) is 0 Å². The predicted molar refractivity (Wildman–Crippen MR) is 87.6 cm³/mol. The van der Waals surface area contributed by atoms with Gasteiger partial charge in [0.1, 0.15) is 0 Å². The molecule has 0 spiro atoms. The molecule has 19 heavy (non-hydrogen) atoms. The topological polar surface area (TPSA) is 0 Å². The van der Waals surface area contributed by atoms with Gasteiger partial charge in [0.2, 0.25) is 0 Å². The van der Waals surface area contributed by atoms with E-state index in [9.17, 15) is 0 Å². The lowest BCUT2D eigenvalue weighted by atomic mass is 9.82. The van der Waals surface area contributed by atoms with Gasteiger partial charge in [-0.1, -0.05) is 76.9 Å². The Kier molecular flexibility index (Phi) is 10.2. The molecular formula is C19H36. The fourth-order valence-electron chi connectivity index (χ4n) is 3.26. The van der Waals surface area contributed by atoms with Gasteiger partial charge in [-0.2, -0.15) is 0 Å². The molecule has 0 nitrogen and oxygen atoms in total. The van der Waals surface area contributed by atoms with Crippen LogP contribution in [0, 0.1) is 5.92 Å². The van der Waals surface area contributed by atoms with Crippen LogP contribution >= 0.6 is 0 Å². The van der Waals surface area contributed by atoms with E-state index in [2.05, 4.69) is 19.9 Å². The molecule has 0 aromatic heterocycles. The third-order valence-electron chi connectivity index (χ3n) is 4.70. The molecule has 0 aliphatic heterocycles. The SMILES string of the molecule is CCCCCCCCC=C1CCC(CCCC)CC1. The first-order valence-corrected chi connectivity index (χ1v) is 9.04. The Bertz CT molecular complexity index is 216. The largest absolute Gasteiger partial charge is 0.0853 e. The van der Waals surface area contributed by atoms with E-state index in [-0.39, 0.29) is 0 Å². The number of rotatable bonds is 10. The maximum atomic E-state index is 2.58. The molecule has 1 aliphatic rings. The van der Waals surface area contributed by atoms with E-state index in [4.69, 9.17) is 0 Å². The van der Waals surface area contributed by atoms with E-state index >= 15 is 0 Å². The first-order chi connectivity index (χ1) is 9.36. The first-order valence-electron chi connectivity index (χ1n) is 9.04. The van der Waals surface area contributed by atoms with Crippen LogP contribution in [0.2, 0.25) is 0 Å². The van der Waals surface area contributed by atoms with Gasteiger partial charge in [0.15, 0.2) is 0 Å². The van der Waals surface area contributed by atoms with Gasteiger partial charge in [-0.05, 0) is 44.4 Å². The molecule has 0 amide bonds. The Morgan fingerprint density at radius 2 is 1.47 bits per heavy atom. The van der Waals surface area contributed by atoms with Crippen LogP contribution in [-0.4, -0.2) is 0 Å². The van der Waals surface area contributed by atoms with Crippen LogP contribution in [0.3, 0.4) is 0 Å². The second-order valence-corrected chi connectivity index (χ2v) is 6.50. The monoisotopic (exact) mass is 264 g/mol. The van der Waals surface area contributed by atoms with Crippen LogP contribution in [0.15, 0.2) is 11.6 Å². The molecule has 112 valence electrons. The third-order valence-corrected chi connectivity index (χ3v) is 4.70. The fourth-order valence-corrected chi connectivity index (χ4v) is 3.26. The van der Waals surface area contributed by atoms with Crippen molar-refractivity contribution >= 4 is 0 Å². The van der Waals surface area contributed by atoms with Crippen LogP contribution in [0.1, 0.15) is 104 Å². The van der Waals surface area contributed by atoms with Crippen LogP contribution in [-0.2, 0) is 0 Å². The highest BCUT2D eigenvalue weighted by Crippen LogP contribution is 2.31. The molecule has 1 fully saturated rings. The summed E-state index contributed by atoms with van der Waals surface area (Å²) in [6.07, 6.45) is 22.6. The quantitative estimate of drug-likeness (QED) is 0.293. The van der Waals surface area contributed by atoms with Gasteiger partial charge in [-0.25, -0.2) is 0 Å². The van der Waals surface area contributed by atoms with Crippen molar-refractivity contribution in [2.45, 2.75) is 104 Å². The van der Waals surface area contributed by atoms with Crippen LogP contribution in [0.25, 0.3) is 0 Å². The molecule has 1 saturated carbocycles. The van der Waals surface area contributed by atoms with E-state index in [1.165, 1.54) is 89.9 Å². The molecule has 0 atom stereocenters. The lowest BCUT2D eigenvalue weighted by molar-refractivity contribution is 0.372. The minimum absolute atomic E-state index is 1.05. The average molecular weight is 264 g/mol. The summed E-state index contributed by atoms with van der Waals surface area (Å²) in [4.78, 5) is 0. The number of unbranched alkanes of at least 4 members (excludes halogenated alkanes) is 7. The molecule has 0 heterocycles. The summed E-state index contributed by atoms with van der Waals surface area (Å²) in [6.45, 7) is 4.61. The van der Waals surface area contributed by atoms with Gasteiger partial charge in [0, 0.05) is 0 Å². The highest BCUT2D eigenvalue weighted by molar-refractivity contribution is 5.05. The van der Waals surface area contributed by atoms with Crippen molar-refractivity contribution in [2.24, 2.45) is 5.92 Å². The van der Waals surface area contributed by atoms with E-state index in [1.54, 1.807) is 5.57 Å². The second-order valence-electron chi connectivity index (χ2n) is 6.50. The number of allylic oxidation sites excluding steroid dienone is 2. The molecule has 1 rings (SSSR count). The summed E-state index contributed by atoms with van der Waals surface area (Å²) in [5, 5.41) is 0. The smallest absolute Gasteiger partial charge is 0.0318 e. The zero-order valence-electron chi connectivity index (χ0n) is 13.6. The predicted octanol–water partition coefficient (Wildman–Crippen LogP) is 7.04. The van der Waals surface area contributed by atoms with Crippen LogP contribution in [0.4, 0.5) is 0 Å². The van der Waals surface area contributed by atoms with Crippen LogP contribution < -0.4 is 0 Å². The van der Waals surface area contributed by atoms with Crippen molar-refractivity contribution in [1.29, 1.82) is 0 Å². The Labute approximate surface area is 122 Å².